The summed E-state index contributed by atoms with van der Waals surface area (Å²) in [5, 5.41) is 3.46. The number of anilines is 1. The molecule has 0 atom stereocenters. The maximum atomic E-state index is 11.9. The zero-order valence-electron chi connectivity index (χ0n) is 11.9. The number of Topliss-reactive ketones (excluding diaryl/α,β-unsaturated/α-hetero) is 1. The van der Waals surface area contributed by atoms with Gasteiger partial charge in [0.05, 0.1) is 14.9 Å². The van der Waals surface area contributed by atoms with E-state index in [0.29, 0.717) is 14.3 Å². The molecule has 2 heterocycles. The van der Waals surface area contributed by atoms with Gasteiger partial charge in [0.15, 0.2) is 10.9 Å². The summed E-state index contributed by atoms with van der Waals surface area (Å²) in [6, 6.07) is 3.39. The summed E-state index contributed by atoms with van der Waals surface area (Å²) in [5.41, 5.74) is 1.12. The van der Waals surface area contributed by atoms with Crippen molar-refractivity contribution < 1.29 is 9.59 Å². The first kappa shape index (κ1) is 15.6. The normalized spacial score (nSPS) is 13.7. The number of amides is 1. The lowest BCUT2D eigenvalue weighted by Gasteiger charge is -2.06. The summed E-state index contributed by atoms with van der Waals surface area (Å²) in [7, 11) is 0. The molecule has 0 radical (unpaired) electrons. The highest BCUT2D eigenvalue weighted by molar-refractivity contribution is 7.18. The molecule has 0 unspecified atom stereocenters. The van der Waals surface area contributed by atoms with Crippen LogP contribution in [0.3, 0.4) is 0 Å². The maximum absolute atomic E-state index is 11.9. The Balaban J connectivity index is 1.52. The van der Waals surface area contributed by atoms with Crippen LogP contribution in [0, 0.1) is 0 Å². The second-order valence-electron chi connectivity index (χ2n) is 5.17. The molecule has 0 spiro atoms. The quantitative estimate of drug-likeness (QED) is 0.812. The zero-order valence-corrected chi connectivity index (χ0v) is 14.2. The Hall–Kier alpha value is -1.24. The van der Waals surface area contributed by atoms with Gasteiger partial charge in [0.25, 0.3) is 0 Å². The van der Waals surface area contributed by atoms with Crippen molar-refractivity contribution in [3.05, 3.63) is 31.9 Å². The van der Waals surface area contributed by atoms with Crippen LogP contribution in [-0.4, -0.2) is 16.7 Å². The number of nitrogens with zero attached hydrogens (tertiary/aromatic N) is 1. The number of aryl methyl sites for hydroxylation is 2. The third-order valence-corrected chi connectivity index (χ3v) is 5.86. The third kappa shape index (κ3) is 3.74. The molecule has 22 heavy (non-hydrogen) atoms. The molecule has 1 aliphatic carbocycles. The fourth-order valence-electron chi connectivity index (χ4n) is 2.40. The van der Waals surface area contributed by atoms with Gasteiger partial charge in [0.2, 0.25) is 5.91 Å². The van der Waals surface area contributed by atoms with Gasteiger partial charge in [-0.1, -0.05) is 11.6 Å². The molecule has 4 nitrogen and oxygen atoms in total. The molecular formula is C15H15ClN2O2S2. The van der Waals surface area contributed by atoms with E-state index < -0.39 is 0 Å². The number of aromatic nitrogens is 1. The van der Waals surface area contributed by atoms with E-state index in [1.165, 1.54) is 29.1 Å². The van der Waals surface area contributed by atoms with Crippen LogP contribution < -0.4 is 5.32 Å². The first-order chi connectivity index (χ1) is 10.6. The van der Waals surface area contributed by atoms with Gasteiger partial charge in [-0.25, -0.2) is 4.98 Å². The third-order valence-electron chi connectivity index (χ3n) is 3.52. The number of thiazole rings is 1. The number of fused-ring (bicyclic) bond motifs is 1. The topological polar surface area (TPSA) is 59.1 Å². The van der Waals surface area contributed by atoms with E-state index in [-0.39, 0.29) is 24.5 Å². The fraction of sp³-hybridized carbons (Fsp3) is 0.400. The molecule has 7 heteroatoms. The number of thiophene rings is 1. The monoisotopic (exact) mass is 354 g/mol. The Labute approximate surface area is 141 Å². The lowest BCUT2D eigenvalue weighted by atomic mass is 10.0. The fourth-order valence-corrected chi connectivity index (χ4v) is 4.48. The highest BCUT2D eigenvalue weighted by atomic mass is 35.5. The van der Waals surface area contributed by atoms with Gasteiger partial charge in [-0.15, -0.1) is 22.7 Å². The van der Waals surface area contributed by atoms with E-state index in [9.17, 15) is 9.59 Å². The minimum Gasteiger partial charge on any atom is -0.302 e. The van der Waals surface area contributed by atoms with Gasteiger partial charge < -0.3 is 5.32 Å². The van der Waals surface area contributed by atoms with Crippen molar-refractivity contribution in [2.75, 3.05) is 5.32 Å². The lowest BCUT2D eigenvalue weighted by Crippen LogP contribution is -2.13. The van der Waals surface area contributed by atoms with Gasteiger partial charge in [-0.3, -0.25) is 9.59 Å². The van der Waals surface area contributed by atoms with E-state index in [1.807, 2.05) is 0 Å². The molecule has 0 fully saturated rings. The predicted octanol–water partition coefficient (Wildman–Crippen LogP) is 4.34. The second kappa shape index (κ2) is 6.89. The number of hydrogen-bond donors (Lipinski definition) is 1. The van der Waals surface area contributed by atoms with E-state index in [4.69, 9.17) is 11.6 Å². The molecule has 0 aromatic carbocycles. The van der Waals surface area contributed by atoms with Crippen LogP contribution in [0.15, 0.2) is 12.1 Å². The molecule has 1 amide bonds. The molecule has 0 saturated heterocycles. The number of carbonyl (C=O) groups excluding carboxylic acids is 2. The van der Waals surface area contributed by atoms with Crippen molar-refractivity contribution in [1.29, 1.82) is 0 Å². The van der Waals surface area contributed by atoms with Gasteiger partial charge in [0.1, 0.15) is 0 Å². The van der Waals surface area contributed by atoms with Crippen LogP contribution in [0.4, 0.5) is 5.13 Å². The van der Waals surface area contributed by atoms with E-state index >= 15 is 0 Å². The average molecular weight is 355 g/mol. The Morgan fingerprint density at radius 3 is 2.73 bits per heavy atom. The molecule has 2 aromatic rings. The number of hydrogen-bond acceptors (Lipinski definition) is 5. The molecule has 0 aliphatic heterocycles. The molecule has 1 N–H and O–H groups in total. The van der Waals surface area contributed by atoms with Crippen molar-refractivity contribution in [3.8, 4) is 0 Å². The van der Waals surface area contributed by atoms with Crippen LogP contribution >= 0.6 is 34.3 Å². The zero-order chi connectivity index (χ0) is 15.5. The summed E-state index contributed by atoms with van der Waals surface area (Å²) in [5.74, 6) is -0.215. The van der Waals surface area contributed by atoms with Crippen LogP contribution in [0.25, 0.3) is 0 Å². The smallest absolute Gasteiger partial charge is 0.226 e. The number of nitrogens with one attached hydrogen (secondary N) is 1. The SMILES string of the molecule is O=C(CCC(=O)c1ccc(Cl)s1)Nc1nc2c(s1)CCCC2. The predicted molar refractivity (Wildman–Crippen MR) is 90.3 cm³/mol. The molecule has 116 valence electrons. The molecule has 0 saturated carbocycles. The van der Waals surface area contributed by atoms with Gasteiger partial charge in [-0.05, 0) is 37.8 Å². The minimum absolute atomic E-state index is 0.0505. The summed E-state index contributed by atoms with van der Waals surface area (Å²) < 4.78 is 0.584. The summed E-state index contributed by atoms with van der Waals surface area (Å²) in [4.78, 5) is 30.2. The maximum Gasteiger partial charge on any atom is 0.226 e. The molecule has 1 aliphatic rings. The standard InChI is InChI=1S/C15H15ClN2O2S2/c16-13-7-6-12(21-13)10(19)5-8-14(20)18-15-17-9-3-1-2-4-11(9)22-15/h6-7H,1-5,8H2,(H,17,18,20). The van der Waals surface area contributed by atoms with Crippen LogP contribution in [0.5, 0.6) is 0 Å². The Morgan fingerprint density at radius 1 is 1.18 bits per heavy atom. The van der Waals surface area contributed by atoms with Crippen molar-refractivity contribution >= 4 is 51.1 Å². The van der Waals surface area contributed by atoms with Crippen molar-refractivity contribution in [1.82, 2.24) is 4.98 Å². The minimum atomic E-state index is -0.165. The number of rotatable bonds is 5. The lowest BCUT2D eigenvalue weighted by molar-refractivity contribution is -0.116. The van der Waals surface area contributed by atoms with Crippen LogP contribution in [0.1, 0.15) is 45.9 Å². The molecular weight excluding hydrogens is 340 g/mol. The van der Waals surface area contributed by atoms with Crippen molar-refractivity contribution in [3.63, 3.8) is 0 Å². The Kier molecular flexibility index (Phi) is 4.90. The van der Waals surface area contributed by atoms with Gasteiger partial charge in [0, 0.05) is 17.7 Å². The van der Waals surface area contributed by atoms with Gasteiger partial charge >= 0.3 is 0 Å². The first-order valence-electron chi connectivity index (χ1n) is 7.19. The van der Waals surface area contributed by atoms with E-state index in [0.717, 1.165) is 18.5 Å². The first-order valence-corrected chi connectivity index (χ1v) is 9.20. The van der Waals surface area contributed by atoms with Gasteiger partial charge in [-0.2, -0.15) is 0 Å². The Bertz CT molecular complexity index is 685. The summed E-state index contributed by atoms with van der Waals surface area (Å²) in [6.45, 7) is 0. The number of halogens is 1. The van der Waals surface area contributed by atoms with Crippen molar-refractivity contribution in [2.24, 2.45) is 0 Å². The number of ketones is 1. The van der Waals surface area contributed by atoms with E-state index in [2.05, 4.69) is 10.3 Å². The highest BCUT2D eigenvalue weighted by Crippen LogP contribution is 2.29. The largest absolute Gasteiger partial charge is 0.302 e. The summed E-state index contributed by atoms with van der Waals surface area (Å²) >= 11 is 8.60. The van der Waals surface area contributed by atoms with Crippen LogP contribution in [0.2, 0.25) is 4.34 Å². The molecule has 3 rings (SSSR count). The second-order valence-corrected chi connectivity index (χ2v) is 7.97. The summed E-state index contributed by atoms with van der Waals surface area (Å²) in [6.07, 6.45) is 4.77. The molecule has 0 bridgehead atoms. The van der Waals surface area contributed by atoms with E-state index in [1.54, 1.807) is 23.5 Å². The van der Waals surface area contributed by atoms with Crippen LogP contribution in [-0.2, 0) is 17.6 Å². The number of carbonyl (C=O) groups is 2. The molecule has 2 aromatic heterocycles. The average Bonchev–Trinajstić information content (AvgIpc) is 3.10. The van der Waals surface area contributed by atoms with Crippen molar-refractivity contribution in [2.45, 2.75) is 38.5 Å². The highest BCUT2D eigenvalue weighted by Gasteiger charge is 2.17. The Morgan fingerprint density at radius 2 is 2.00 bits per heavy atom.